The van der Waals surface area contributed by atoms with Crippen LogP contribution in [0.2, 0.25) is 0 Å². The highest BCUT2D eigenvalue weighted by Gasteiger charge is 2.50. The molecule has 0 spiro atoms. The number of hydrogen-bond donors (Lipinski definition) is 3. The van der Waals surface area contributed by atoms with Gasteiger partial charge in [0.25, 0.3) is 0 Å². The Bertz CT molecular complexity index is 1890. The van der Waals surface area contributed by atoms with E-state index in [1.807, 2.05) is 0 Å². The van der Waals surface area contributed by atoms with Crippen LogP contribution < -0.4 is 0 Å². The summed E-state index contributed by atoms with van der Waals surface area (Å²) in [5.41, 5.74) is 0. The first-order valence-electron chi connectivity index (χ1n) is 28.8. The third kappa shape index (κ3) is 41.4. The number of unbranched alkanes of at least 4 members (excludes halogenated alkanes) is 8. The molecule has 1 aliphatic rings. The number of aliphatic carboxylic acids is 1. The number of hydrogen-bond acceptors (Lipinski definition) is 11. The molecule has 1 aliphatic heterocycles. The third-order valence-corrected chi connectivity index (χ3v) is 11.9. The summed E-state index contributed by atoms with van der Waals surface area (Å²) in [6.45, 7) is 5.54. The van der Waals surface area contributed by atoms with E-state index in [4.69, 9.17) is 23.7 Å². The van der Waals surface area contributed by atoms with Gasteiger partial charge in [0, 0.05) is 19.3 Å². The maximum atomic E-state index is 13.1. The molecular formula is C65H98O12. The molecule has 1 saturated heterocycles. The average Bonchev–Trinajstić information content (AvgIpc) is 3.43. The standard InChI is InChI=1S/C65H98O12/c1-4-7-10-13-16-19-22-25-28-29-32-35-38-41-44-47-50-53-59(68)76-63-61(70)60(69)62(64(71)72)77-65(63)74-55-56(75-58(67)52-49-46-43-40-37-34-31-27-24-21-18-15-12-9-6-3)54-73-57(66)51-48-45-42-39-36-33-30-26-23-20-17-14-11-8-5-2/h7-12,16-21,25-28,30-32,35-37,39-40,56,60-63,65,69-70H,4-6,13-15,22-24,29,33-34,38,41-55H2,1-3H3,(H,71,72)/b10-7-,11-8-,12-9-,19-16-,20-17-,21-18-,28-25-,30-26-,31-27-,35-32-,39-36-,40-37-. The molecule has 6 unspecified atom stereocenters. The molecule has 0 aromatic rings. The molecule has 0 aliphatic carbocycles. The highest BCUT2D eigenvalue weighted by molar-refractivity contribution is 5.74. The summed E-state index contributed by atoms with van der Waals surface area (Å²) in [6.07, 6.45) is 61.1. The number of rotatable bonds is 46. The number of carboxylic acid groups (broad SMARTS) is 1. The molecule has 0 aromatic carbocycles. The second-order valence-corrected chi connectivity index (χ2v) is 18.8. The minimum Gasteiger partial charge on any atom is -0.479 e. The van der Waals surface area contributed by atoms with E-state index in [1.165, 1.54) is 0 Å². The number of allylic oxidation sites excluding steroid dienone is 24. The van der Waals surface area contributed by atoms with Gasteiger partial charge in [0.2, 0.25) is 0 Å². The molecule has 0 saturated carbocycles. The monoisotopic (exact) mass is 1070 g/mol. The smallest absolute Gasteiger partial charge is 0.335 e. The lowest BCUT2D eigenvalue weighted by Crippen LogP contribution is -2.61. The van der Waals surface area contributed by atoms with Gasteiger partial charge in [-0.1, -0.05) is 179 Å². The number of aliphatic hydroxyl groups is 2. The van der Waals surface area contributed by atoms with E-state index in [9.17, 15) is 34.5 Å². The van der Waals surface area contributed by atoms with Crippen LogP contribution in [0.15, 0.2) is 146 Å². The number of esters is 3. The predicted octanol–water partition coefficient (Wildman–Crippen LogP) is 14.8. The van der Waals surface area contributed by atoms with Crippen molar-refractivity contribution in [3.63, 3.8) is 0 Å². The van der Waals surface area contributed by atoms with E-state index < -0.39 is 67.3 Å². The molecule has 0 radical (unpaired) electrons. The summed E-state index contributed by atoms with van der Waals surface area (Å²) in [7, 11) is 0. The first kappa shape index (κ1) is 69.6. The lowest BCUT2D eigenvalue weighted by molar-refractivity contribution is -0.301. The Hall–Kier alpha value is -5.40. The van der Waals surface area contributed by atoms with Crippen LogP contribution in [0.4, 0.5) is 0 Å². The van der Waals surface area contributed by atoms with Crippen LogP contribution >= 0.6 is 0 Å². The molecule has 430 valence electrons. The summed E-state index contributed by atoms with van der Waals surface area (Å²) in [5.74, 6) is -3.29. The van der Waals surface area contributed by atoms with Crippen molar-refractivity contribution in [2.45, 2.75) is 225 Å². The molecule has 77 heavy (non-hydrogen) atoms. The third-order valence-electron chi connectivity index (χ3n) is 11.9. The van der Waals surface area contributed by atoms with Gasteiger partial charge in [-0.2, -0.15) is 0 Å². The van der Waals surface area contributed by atoms with Gasteiger partial charge < -0.3 is 39.0 Å². The second-order valence-electron chi connectivity index (χ2n) is 18.8. The predicted molar refractivity (Wildman–Crippen MR) is 312 cm³/mol. The fourth-order valence-electron chi connectivity index (χ4n) is 7.57. The van der Waals surface area contributed by atoms with Gasteiger partial charge in [0.05, 0.1) is 6.61 Å². The Morgan fingerprint density at radius 2 is 0.779 bits per heavy atom. The molecule has 12 nitrogen and oxygen atoms in total. The van der Waals surface area contributed by atoms with Crippen LogP contribution in [0.1, 0.15) is 188 Å². The Balaban J connectivity index is 2.78. The highest BCUT2D eigenvalue weighted by atomic mass is 16.7. The van der Waals surface area contributed by atoms with Gasteiger partial charge in [0.15, 0.2) is 24.6 Å². The van der Waals surface area contributed by atoms with Gasteiger partial charge in [-0.25, -0.2) is 4.79 Å². The van der Waals surface area contributed by atoms with Crippen LogP contribution in [-0.2, 0) is 42.9 Å². The Morgan fingerprint density at radius 1 is 0.429 bits per heavy atom. The van der Waals surface area contributed by atoms with Gasteiger partial charge in [-0.05, 0) is 135 Å². The Morgan fingerprint density at radius 3 is 1.19 bits per heavy atom. The molecule has 6 atom stereocenters. The SMILES string of the molecule is CC/C=C\C/C=C\C/C=C\C/C=C\CCCCCCC(=O)OC1C(OCC(COC(=O)CCCC/C=C\C/C=C\C/C=C\C/C=C\CC)OC(=O)CCCC/C=C\C/C=C\C/C=C\C/C=C\CC)OC(C(=O)O)C(O)C1O. The van der Waals surface area contributed by atoms with Gasteiger partial charge >= 0.3 is 23.9 Å². The quantitative estimate of drug-likeness (QED) is 0.0228. The zero-order valence-electron chi connectivity index (χ0n) is 47.1. The largest absolute Gasteiger partial charge is 0.479 e. The number of aliphatic hydroxyl groups excluding tert-OH is 2. The Labute approximate surface area is 463 Å². The zero-order chi connectivity index (χ0) is 56.1. The first-order valence-corrected chi connectivity index (χ1v) is 28.8. The summed E-state index contributed by atoms with van der Waals surface area (Å²) < 4.78 is 28.3. The van der Waals surface area contributed by atoms with Crippen molar-refractivity contribution in [2.75, 3.05) is 13.2 Å². The van der Waals surface area contributed by atoms with Crippen molar-refractivity contribution in [1.82, 2.24) is 0 Å². The van der Waals surface area contributed by atoms with E-state index in [0.717, 1.165) is 128 Å². The number of carboxylic acids is 1. The van der Waals surface area contributed by atoms with E-state index in [-0.39, 0.29) is 25.9 Å². The summed E-state index contributed by atoms with van der Waals surface area (Å²) >= 11 is 0. The lowest BCUT2D eigenvalue weighted by Gasteiger charge is -2.40. The second kappa shape index (κ2) is 51.4. The highest BCUT2D eigenvalue weighted by Crippen LogP contribution is 2.26. The van der Waals surface area contributed by atoms with Crippen LogP contribution in [0.5, 0.6) is 0 Å². The molecule has 1 fully saturated rings. The number of carbonyl (C=O) groups excluding carboxylic acids is 3. The number of ether oxygens (including phenoxy) is 5. The van der Waals surface area contributed by atoms with Gasteiger partial charge in [-0.15, -0.1) is 0 Å². The van der Waals surface area contributed by atoms with E-state index in [0.29, 0.717) is 19.3 Å². The van der Waals surface area contributed by atoms with Crippen molar-refractivity contribution < 1.29 is 58.2 Å². The van der Waals surface area contributed by atoms with Crippen LogP contribution in [-0.4, -0.2) is 89.2 Å². The summed E-state index contributed by atoms with van der Waals surface area (Å²) in [5, 5.41) is 31.5. The fraction of sp³-hybridized carbons (Fsp3) is 0.569. The Kier molecular flexibility index (Phi) is 46.4. The lowest BCUT2D eigenvalue weighted by atomic mass is 9.98. The molecule has 0 bridgehead atoms. The molecular weight excluding hydrogens is 973 g/mol. The van der Waals surface area contributed by atoms with Crippen molar-refractivity contribution in [1.29, 1.82) is 0 Å². The maximum absolute atomic E-state index is 13.1. The summed E-state index contributed by atoms with van der Waals surface area (Å²) in [4.78, 5) is 51.1. The van der Waals surface area contributed by atoms with Crippen molar-refractivity contribution >= 4 is 23.9 Å². The zero-order valence-corrected chi connectivity index (χ0v) is 47.1. The van der Waals surface area contributed by atoms with E-state index >= 15 is 0 Å². The minimum atomic E-state index is -1.93. The van der Waals surface area contributed by atoms with Crippen molar-refractivity contribution in [3.8, 4) is 0 Å². The van der Waals surface area contributed by atoms with Crippen molar-refractivity contribution in [3.05, 3.63) is 146 Å². The molecule has 0 aromatic heterocycles. The van der Waals surface area contributed by atoms with Crippen LogP contribution in [0, 0.1) is 0 Å². The topological polar surface area (TPSA) is 175 Å². The molecule has 1 heterocycles. The van der Waals surface area contributed by atoms with Crippen LogP contribution in [0.25, 0.3) is 0 Å². The molecule has 0 amide bonds. The maximum Gasteiger partial charge on any atom is 0.335 e. The number of carbonyl (C=O) groups is 4. The molecule has 3 N–H and O–H groups in total. The summed E-state index contributed by atoms with van der Waals surface area (Å²) in [6, 6.07) is 0. The van der Waals surface area contributed by atoms with Crippen LogP contribution in [0.3, 0.4) is 0 Å². The molecule has 12 heteroatoms. The fourth-order valence-corrected chi connectivity index (χ4v) is 7.57. The minimum absolute atomic E-state index is 0.0142. The van der Waals surface area contributed by atoms with Gasteiger partial charge in [0.1, 0.15) is 18.8 Å². The van der Waals surface area contributed by atoms with E-state index in [2.05, 4.69) is 167 Å². The molecule has 1 rings (SSSR count). The average molecular weight is 1070 g/mol. The van der Waals surface area contributed by atoms with E-state index in [1.54, 1.807) is 0 Å². The first-order chi connectivity index (χ1) is 37.6. The van der Waals surface area contributed by atoms with Crippen molar-refractivity contribution in [2.24, 2.45) is 0 Å². The normalized spacial score (nSPS) is 19.1. The van der Waals surface area contributed by atoms with Gasteiger partial charge in [-0.3, -0.25) is 14.4 Å².